The molecule has 0 saturated carbocycles. The van der Waals surface area contributed by atoms with E-state index >= 15 is 0 Å². The number of benzene rings is 1. The highest BCUT2D eigenvalue weighted by molar-refractivity contribution is 5.70. The zero-order valence-corrected chi connectivity index (χ0v) is 7.47. The Bertz CT molecular complexity index is 372. The van der Waals surface area contributed by atoms with Gasteiger partial charge < -0.3 is 15.9 Å². The molecule has 74 valence electrons. The van der Waals surface area contributed by atoms with Crippen LogP contribution in [-0.4, -0.2) is 16.2 Å². The second-order valence-corrected chi connectivity index (χ2v) is 2.82. The van der Waals surface area contributed by atoms with Gasteiger partial charge in [-0.3, -0.25) is 4.79 Å². The van der Waals surface area contributed by atoms with E-state index < -0.39 is 5.97 Å². The van der Waals surface area contributed by atoms with Crippen molar-refractivity contribution in [3.05, 3.63) is 29.8 Å². The first kappa shape index (κ1) is 10.1. The molecule has 0 atom stereocenters. The molecule has 0 unspecified atom stereocenters. The fourth-order valence-electron chi connectivity index (χ4n) is 0.960. The van der Waals surface area contributed by atoms with E-state index in [2.05, 4.69) is 0 Å². The van der Waals surface area contributed by atoms with Crippen molar-refractivity contribution in [3.63, 3.8) is 0 Å². The van der Waals surface area contributed by atoms with Crippen LogP contribution in [0.2, 0.25) is 0 Å². The van der Waals surface area contributed by atoms with Crippen LogP contribution in [0.25, 0.3) is 6.08 Å². The number of rotatable bonds is 3. The predicted octanol–water partition coefficient (Wildman–Crippen LogP) is 1.46. The molecule has 0 spiro atoms. The first-order valence-corrected chi connectivity index (χ1v) is 4.06. The molecular formula is C10H11NO3. The van der Waals surface area contributed by atoms with Gasteiger partial charge in [-0.05, 0) is 17.7 Å². The van der Waals surface area contributed by atoms with Crippen LogP contribution < -0.4 is 5.73 Å². The maximum Gasteiger partial charge on any atom is 0.307 e. The molecule has 0 radical (unpaired) electrons. The number of hydrogen-bond donors (Lipinski definition) is 3. The molecule has 0 bridgehead atoms. The normalized spacial score (nSPS) is 10.6. The molecule has 0 aliphatic rings. The summed E-state index contributed by atoms with van der Waals surface area (Å²) in [4.78, 5) is 10.2. The summed E-state index contributed by atoms with van der Waals surface area (Å²) in [5.74, 6) is -0.886. The van der Waals surface area contributed by atoms with Crippen LogP contribution in [0.5, 0.6) is 5.75 Å². The van der Waals surface area contributed by atoms with Gasteiger partial charge in [0.15, 0.2) is 0 Å². The van der Waals surface area contributed by atoms with Gasteiger partial charge in [0.2, 0.25) is 0 Å². The summed E-state index contributed by atoms with van der Waals surface area (Å²) in [5, 5.41) is 17.6. The van der Waals surface area contributed by atoms with E-state index in [0.717, 1.165) is 5.56 Å². The third-order valence-electron chi connectivity index (χ3n) is 1.66. The van der Waals surface area contributed by atoms with Gasteiger partial charge in [0, 0.05) is 0 Å². The number of carboxylic acids is 1. The number of nitrogen functional groups attached to an aromatic ring is 1. The molecule has 4 N–H and O–H groups in total. The molecule has 0 amide bonds. The van der Waals surface area contributed by atoms with Gasteiger partial charge >= 0.3 is 5.97 Å². The number of phenols is 1. The predicted molar refractivity (Wildman–Crippen MR) is 53.8 cm³/mol. The Kier molecular flexibility index (Phi) is 3.12. The Morgan fingerprint density at radius 2 is 2.21 bits per heavy atom. The number of carboxylic acid groups (broad SMARTS) is 1. The van der Waals surface area contributed by atoms with Crippen LogP contribution in [0.15, 0.2) is 24.3 Å². The summed E-state index contributed by atoms with van der Waals surface area (Å²) in [6.07, 6.45) is 3.09. The molecule has 4 heteroatoms. The lowest BCUT2D eigenvalue weighted by molar-refractivity contribution is -0.135. The van der Waals surface area contributed by atoms with E-state index in [1.54, 1.807) is 18.2 Å². The van der Waals surface area contributed by atoms with Gasteiger partial charge in [0.1, 0.15) is 5.75 Å². The smallest absolute Gasteiger partial charge is 0.307 e. The van der Waals surface area contributed by atoms with Crippen molar-refractivity contribution in [1.82, 2.24) is 0 Å². The monoisotopic (exact) mass is 193 g/mol. The van der Waals surface area contributed by atoms with Gasteiger partial charge in [-0.15, -0.1) is 0 Å². The molecule has 0 aliphatic carbocycles. The quantitative estimate of drug-likeness (QED) is 0.501. The molecule has 0 fully saturated rings. The van der Waals surface area contributed by atoms with E-state index in [9.17, 15) is 9.90 Å². The molecule has 1 aromatic carbocycles. The molecule has 0 saturated heterocycles. The van der Waals surface area contributed by atoms with Gasteiger partial charge in [-0.25, -0.2) is 0 Å². The highest BCUT2D eigenvalue weighted by atomic mass is 16.4. The molecule has 0 aromatic heterocycles. The zero-order chi connectivity index (χ0) is 10.6. The number of phenolic OH excluding ortho intramolecular Hbond substituents is 1. The summed E-state index contributed by atoms with van der Waals surface area (Å²) in [6, 6.07) is 4.75. The second kappa shape index (κ2) is 4.32. The fraction of sp³-hybridized carbons (Fsp3) is 0.100. The Balaban J connectivity index is 2.73. The lowest BCUT2D eigenvalue weighted by atomic mass is 10.1. The number of carbonyl (C=O) groups is 1. The minimum atomic E-state index is -0.888. The standard InChI is InChI=1S/C10H11NO3/c11-8-5-4-7(6-9(8)12)2-1-3-10(13)14/h1-2,4-6,12H,3,11H2,(H,13,14). The van der Waals surface area contributed by atoms with Crippen molar-refractivity contribution in [3.8, 4) is 5.75 Å². The van der Waals surface area contributed by atoms with Crippen molar-refractivity contribution in [2.24, 2.45) is 0 Å². The van der Waals surface area contributed by atoms with Crippen LogP contribution in [0.3, 0.4) is 0 Å². The first-order valence-electron chi connectivity index (χ1n) is 4.06. The third kappa shape index (κ3) is 2.82. The summed E-state index contributed by atoms with van der Waals surface area (Å²) >= 11 is 0. The number of hydrogen-bond acceptors (Lipinski definition) is 3. The molecule has 0 heterocycles. The Hall–Kier alpha value is -1.97. The fourth-order valence-corrected chi connectivity index (χ4v) is 0.960. The summed E-state index contributed by atoms with van der Waals surface area (Å²) < 4.78 is 0. The Morgan fingerprint density at radius 3 is 2.79 bits per heavy atom. The van der Waals surface area contributed by atoms with Gasteiger partial charge in [0.05, 0.1) is 12.1 Å². The van der Waals surface area contributed by atoms with Crippen LogP contribution in [-0.2, 0) is 4.79 Å². The Morgan fingerprint density at radius 1 is 1.50 bits per heavy atom. The number of aliphatic carboxylic acids is 1. The average Bonchev–Trinajstić information content (AvgIpc) is 2.10. The van der Waals surface area contributed by atoms with E-state index in [0.29, 0.717) is 5.69 Å². The van der Waals surface area contributed by atoms with Crippen LogP contribution >= 0.6 is 0 Å². The third-order valence-corrected chi connectivity index (χ3v) is 1.66. The summed E-state index contributed by atoms with van der Waals surface area (Å²) in [5.41, 5.74) is 6.42. The minimum absolute atomic E-state index is 0.00229. The van der Waals surface area contributed by atoms with Crippen LogP contribution in [0.4, 0.5) is 5.69 Å². The second-order valence-electron chi connectivity index (χ2n) is 2.82. The maximum absolute atomic E-state index is 10.2. The average molecular weight is 193 g/mol. The highest BCUT2D eigenvalue weighted by Gasteiger charge is 1.96. The van der Waals surface area contributed by atoms with Crippen molar-refractivity contribution < 1.29 is 15.0 Å². The largest absolute Gasteiger partial charge is 0.506 e. The van der Waals surface area contributed by atoms with Crippen LogP contribution in [0.1, 0.15) is 12.0 Å². The molecule has 1 rings (SSSR count). The van der Waals surface area contributed by atoms with Gasteiger partial charge in [0.25, 0.3) is 0 Å². The number of aromatic hydroxyl groups is 1. The highest BCUT2D eigenvalue weighted by Crippen LogP contribution is 2.21. The molecule has 0 aliphatic heterocycles. The Labute approximate surface area is 81.3 Å². The van der Waals surface area contributed by atoms with Gasteiger partial charge in [-0.1, -0.05) is 18.2 Å². The van der Waals surface area contributed by atoms with Crippen molar-refractivity contribution in [1.29, 1.82) is 0 Å². The minimum Gasteiger partial charge on any atom is -0.506 e. The molecule has 1 aromatic rings. The lowest BCUT2D eigenvalue weighted by Gasteiger charge is -1.98. The zero-order valence-electron chi connectivity index (χ0n) is 7.47. The molecule has 14 heavy (non-hydrogen) atoms. The van der Waals surface area contributed by atoms with E-state index in [-0.39, 0.29) is 12.2 Å². The van der Waals surface area contributed by atoms with Crippen LogP contribution in [0, 0.1) is 0 Å². The van der Waals surface area contributed by atoms with Crippen molar-refractivity contribution >= 4 is 17.7 Å². The molecule has 4 nitrogen and oxygen atoms in total. The molecular weight excluding hydrogens is 182 g/mol. The SMILES string of the molecule is Nc1ccc(C=CCC(=O)O)cc1O. The van der Waals surface area contributed by atoms with E-state index in [1.165, 1.54) is 12.1 Å². The van der Waals surface area contributed by atoms with E-state index in [4.69, 9.17) is 10.8 Å². The van der Waals surface area contributed by atoms with Gasteiger partial charge in [-0.2, -0.15) is 0 Å². The topological polar surface area (TPSA) is 83.6 Å². The first-order chi connectivity index (χ1) is 6.59. The maximum atomic E-state index is 10.2. The lowest BCUT2D eigenvalue weighted by Crippen LogP contribution is -1.89. The van der Waals surface area contributed by atoms with Crippen molar-refractivity contribution in [2.75, 3.05) is 5.73 Å². The summed E-state index contributed by atoms with van der Waals surface area (Å²) in [6.45, 7) is 0. The number of nitrogens with two attached hydrogens (primary N) is 1. The summed E-state index contributed by atoms with van der Waals surface area (Å²) in [7, 11) is 0. The number of anilines is 1. The van der Waals surface area contributed by atoms with Crippen molar-refractivity contribution in [2.45, 2.75) is 6.42 Å². The van der Waals surface area contributed by atoms with E-state index in [1.807, 2.05) is 0 Å².